The van der Waals surface area contributed by atoms with Gasteiger partial charge in [-0.3, -0.25) is 4.79 Å². The second-order valence-electron chi connectivity index (χ2n) is 6.61. The van der Waals surface area contributed by atoms with Gasteiger partial charge in [-0.25, -0.2) is 9.18 Å². The monoisotopic (exact) mass is 333 g/mol. The average molecular weight is 333 g/mol. The summed E-state index contributed by atoms with van der Waals surface area (Å²) in [4.78, 5) is 25.8. The van der Waals surface area contributed by atoms with E-state index in [0.717, 1.165) is 18.4 Å². The van der Waals surface area contributed by atoms with Crippen LogP contribution in [-0.4, -0.2) is 36.5 Å². The average Bonchev–Trinajstić information content (AvgIpc) is 3.02. The SMILES string of the molecule is O=C1CCN(C(=O)N[C@@H](c2ccc(F)cc2)C2CCCC2)CCN1. The molecule has 1 heterocycles. The standard InChI is InChI=1S/C18H24FN3O2/c19-15-7-5-14(6-8-15)17(13-3-1-2-4-13)21-18(24)22-11-9-16(23)20-10-12-22/h5-8,13,17H,1-4,9-12H2,(H,20,23)(H,21,24)/t17-/m1/s1. The van der Waals surface area contributed by atoms with Gasteiger partial charge in [-0.2, -0.15) is 0 Å². The molecule has 1 saturated carbocycles. The van der Waals surface area contributed by atoms with E-state index in [9.17, 15) is 14.0 Å². The maximum Gasteiger partial charge on any atom is 0.317 e. The number of rotatable bonds is 3. The Bertz CT molecular complexity index is 584. The lowest BCUT2D eigenvalue weighted by atomic mass is 9.91. The zero-order valence-electron chi connectivity index (χ0n) is 13.8. The Kier molecular flexibility index (Phi) is 5.33. The number of amides is 3. The molecular formula is C18H24FN3O2. The Morgan fingerprint density at radius 3 is 2.62 bits per heavy atom. The van der Waals surface area contributed by atoms with Gasteiger partial charge in [0.15, 0.2) is 0 Å². The molecule has 1 aromatic carbocycles. The number of carbonyl (C=O) groups is 2. The molecule has 0 unspecified atom stereocenters. The van der Waals surface area contributed by atoms with Gasteiger partial charge in [0.1, 0.15) is 5.82 Å². The molecule has 2 N–H and O–H groups in total. The van der Waals surface area contributed by atoms with Crippen LogP contribution in [0.3, 0.4) is 0 Å². The summed E-state index contributed by atoms with van der Waals surface area (Å²) >= 11 is 0. The van der Waals surface area contributed by atoms with E-state index < -0.39 is 0 Å². The van der Waals surface area contributed by atoms with Crippen LogP contribution in [0, 0.1) is 11.7 Å². The normalized spacial score (nSPS) is 20.4. The van der Waals surface area contributed by atoms with Crippen molar-refractivity contribution >= 4 is 11.9 Å². The van der Waals surface area contributed by atoms with Gasteiger partial charge >= 0.3 is 6.03 Å². The Labute approximate surface area is 141 Å². The maximum absolute atomic E-state index is 13.2. The first kappa shape index (κ1) is 16.7. The molecule has 1 aliphatic carbocycles. The van der Waals surface area contributed by atoms with Gasteiger partial charge in [-0.15, -0.1) is 0 Å². The highest BCUT2D eigenvalue weighted by molar-refractivity contribution is 5.79. The number of nitrogens with one attached hydrogen (secondary N) is 2. The minimum atomic E-state index is -0.271. The molecule has 0 aromatic heterocycles. The van der Waals surface area contributed by atoms with Crippen molar-refractivity contribution in [2.75, 3.05) is 19.6 Å². The molecule has 6 heteroatoms. The molecule has 1 aromatic rings. The molecule has 0 bridgehead atoms. The van der Waals surface area contributed by atoms with E-state index in [1.54, 1.807) is 17.0 Å². The lowest BCUT2D eigenvalue weighted by molar-refractivity contribution is -0.120. The van der Waals surface area contributed by atoms with Crippen molar-refractivity contribution in [3.8, 4) is 0 Å². The molecule has 24 heavy (non-hydrogen) atoms. The van der Waals surface area contributed by atoms with E-state index in [-0.39, 0.29) is 23.8 Å². The summed E-state index contributed by atoms with van der Waals surface area (Å²) in [7, 11) is 0. The van der Waals surface area contributed by atoms with E-state index in [2.05, 4.69) is 10.6 Å². The summed E-state index contributed by atoms with van der Waals surface area (Å²) in [5.41, 5.74) is 0.945. The topological polar surface area (TPSA) is 61.4 Å². The van der Waals surface area contributed by atoms with E-state index in [0.29, 0.717) is 32.0 Å². The third kappa shape index (κ3) is 4.04. The predicted molar refractivity (Wildman–Crippen MR) is 88.8 cm³/mol. The van der Waals surface area contributed by atoms with Crippen LogP contribution in [0.5, 0.6) is 0 Å². The van der Waals surface area contributed by atoms with Gasteiger partial charge in [-0.1, -0.05) is 25.0 Å². The van der Waals surface area contributed by atoms with Crippen molar-refractivity contribution in [2.45, 2.75) is 38.1 Å². The molecule has 3 amide bonds. The van der Waals surface area contributed by atoms with Crippen LogP contribution >= 0.6 is 0 Å². The molecule has 130 valence electrons. The second kappa shape index (κ2) is 7.64. The first-order chi connectivity index (χ1) is 11.6. The van der Waals surface area contributed by atoms with Gasteiger partial charge in [0, 0.05) is 26.1 Å². The van der Waals surface area contributed by atoms with Crippen molar-refractivity contribution in [3.05, 3.63) is 35.6 Å². The van der Waals surface area contributed by atoms with Gasteiger partial charge in [0.2, 0.25) is 5.91 Å². The summed E-state index contributed by atoms with van der Waals surface area (Å²) < 4.78 is 13.2. The molecule has 1 aliphatic heterocycles. The third-order valence-electron chi connectivity index (χ3n) is 4.98. The molecular weight excluding hydrogens is 309 g/mol. The highest BCUT2D eigenvalue weighted by Gasteiger charge is 2.29. The van der Waals surface area contributed by atoms with Crippen LogP contribution in [0.1, 0.15) is 43.7 Å². The Balaban J connectivity index is 1.72. The molecule has 1 saturated heterocycles. The number of halogens is 1. The number of carbonyl (C=O) groups excluding carboxylic acids is 2. The van der Waals surface area contributed by atoms with E-state index in [4.69, 9.17) is 0 Å². The van der Waals surface area contributed by atoms with E-state index in [1.807, 2.05) is 0 Å². The molecule has 5 nitrogen and oxygen atoms in total. The molecule has 0 radical (unpaired) electrons. The largest absolute Gasteiger partial charge is 0.354 e. The van der Waals surface area contributed by atoms with E-state index >= 15 is 0 Å². The summed E-state index contributed by atoms with van der Waals surface area (Å²) in [5.74, 6) is 0.0923. The second-order valence-corrected chi connectivity index (χ2v) is 6.61. The Hall–Kier alpha value is -2.11. The smallest absolute Gasteiger partial charge is 0.317 e. The highest BCUT2D eigenvalue weighted by Crippen LogP contribution is 2.35. The van der Waals surface area contributed by atoms with Crippen LogP contribution in [0.2, 0.25) is 0 Å². The van der Waals surface area contributed by atoms with Crippen LogP contribution in [0.15, 0.2) is 24.3 Å². The fraction of sp³-hybridized carbons (Fsp3) is 0.556. The van der Waals surface area contributed by atoms with Crippen LogP contribution in [0.4, 0.5) is 9.18 Å². The summed E-state index contributed by atoms with van der Waals surface area (Å²) in [6, 6.07) is 6.15. The van der Waals surface area contributed by atoms with Crippen molar-refractivity contribution in [1.29, 1.82) is 0 Å². The minimum Gasteiger partial charge on any atom is -0.354 e. The Morgan fingerprint density at radius 2 is 1.92 bits per heavy atom. The lowest BCUT2D eigenvalue weighted by Crippen LogP contribution is -2.44. The number of hydrogen-bond acceptors (Lipinski definition) is 2. The molecule has 2 aliphatic rings. The fourth-order valence-electron chi connectivity index (χ4n) is 3.63. The Morgan fingerprint density at radius 1 is 1.21 bits per heavy atom. The summed E-state index contributed by atoms with van der Waals surface area (Å²) in [6.07, 6.45) is 4.81. The zero-order chi connectivity index (χ0) is 16.9. The summed E-state index contributed by atoms with van der Waals surface area (Å²) in [6.45, 7) is 1.42. The van der Waals surface area contributed by atoms with Crippen molar-refractivity contribution < 1.29 is 14.0 Å². The lowest BCUT2D eigenvalue weighted by Gasteiger charge is -2.29. The highest BCUT2D eigenvalue weighted by atomic mass is 19.1. The van der Waals surface area contributed by atoms with Gasteiger partial charge in [0.05, 0.1) is 6.04 Å². The molecule has 2 fully saturated rings. The van der Waals surface area contributed by atoms with Gasteiger partial charge in [0.25, 0.3) is 0 Å². The number of hydrogen-bond donors (Lipinski definition) is 2. The van der Waals surface area contributed by atoms with Crippen LogP contribution in [0.25, 0.3) is 0 Å². The minimum absolute atomic E-state index is 0.0174. The number of nitrogens with zero attached hydrogens (tertiary/aromatic N) is 1. The quantitative estimate of drug-likeness (QED) is 0.893. The first-order valence-corrected chi connectivity index (χ1v) is 8.71. The van der Waals surface area contributed by atoms with Crippen molar-refractivity contribution in [2.24, 2.45) is 5.92 Å². The fourth-order valence-corrected chi connectivity index (χ4v) is 3.63. The van der Waals surface area contributed by atoms with Gasteiger partial charge in [-0.05, 0) is 36.5 Å². The van der Waals surface area contributed by atoms with Crippen molar-refractivity contribution in [1.82, 2.24) is 15.5 Å². The first-order valence-electron chi connectivity index (χ1n) is 8.71. The third-order valence-corrected chi connectivity index (χ3v) is 4.98. The number of benzene rings is 1. The van der Waals surface area contributed by atoms with Gasteiger partial charge < -0.3 is 15.5 Å². The van der Waals surface area contributed by atoms with Crippen LogP contribution < -0.4 is 10.6 Å². The molecule has 3 rings (SSSR count). The molecule has 1 atom stereocenters. The number of urea groups is 1. The molecule has 0 spiro atoms. The summed E-state index contributed by atoms with van der Waals surface area (Å²) in [5, 5.41) is 5.91. The predicted octanol–water partition coefficient (Wildman–Crippen LogP) is 2.59. The van der Waals surface area contributed by atoms with Crippen molar-refractivity contribution in [3.63, 3.8) is 0 Å². The van der Waals surface area contributed by atoms with Crippen LogP contribution in [-0.2, 0) is 4.79 Å². The van der Waals surface area contributed by atoms with E-state index in [1.165, 1.54) is 25.0 Å². The maximum atomic E-state index is 13.2. The zero-order valence-corrected chi connectivity index (χ0v) is 13.8.